The Balaban J connectivity index is 1.82. The normalized spacial score (nSPS) is 21.9. The number of ether oxygens (including phenoxy) is 3. The van der Waals surface area contributed by atoms with Crippen LogP contribution in [0.1, 0.15) is 36.8 Å². The van der Waals surface area contributed by atoms with Gasteiger partial charge in [0, 0.05) is 18.6 Å². The van der Waals surface area contributed by atoms with E-state index in [0.29, 0.717) is 23.3 Å². The fourth-order valence-corrected chi connectivity index (χ4v) is 4.42. The van der Waals surface area contributed by atoms with Crippen LogP contribution in [-0.2, 0) is 29.2 Å². The lowest BCUT2D eigenvalue weighted by Gasteiger charge is -2.33. The van der Waals surface area contributed by atoms with Crippen LogP contribution >= 0.6 is 0 Å². The van der Waals surface area contributed by atoms with E-state index in [-0.39, 0.29) is 18.5 Å². The third kappa shape index (κ3) is 3.71. The number of Topliss-reactive ketones (excluding diaryl/α,β-unsaturated/α-hetero) is 1. The molecule has 2 aliphatic rings. The number of hydrogen-bond acceptors (Lipinski definition) is 5. The number of hydrogen-bond donors (Lipinski definition) is 0. The highest BCUT2D eigenvalue weighted by Crippen LogP contribution is 2.44. The molecule has 0 bridgehead atoms. The van der Waals surface area contributed by atoms with Gasteiger partial charge in [-0.05, 0) is 36.5 Å². The van der Waals surface area contributed by atoms with Crippen molar-refractivity contribution in [3.63, 3.8) is 0 Å². The number of esters is 1. The molecule has 0 unspecified atom stereocenters. The van der Waals surface area contributed by atoms with E-state index in [1.54, 1.807) is 6.08 Å². The Bertz CT molecular complexity index is 874. The highest BCUT2D eigenvalue weighted by molar-refractivity contribution is 6.09. The van der Waals surface area contributed by atoms with Gasteiger partial charge in [-0.3, -0.25) is 9.59 Å². The topological polar surface area (TPSA) is 61.8 Å². The van der Waals surface area contributed by atoms with Gasteiger partial charge in [0.25, 0.3) is 0 Å². The summed E-state index contributed by atoms with van der Waals surface area (Å²) in [6.45, 7) is 0.669. The summed E-state index contributed by atoms with van der Waals surface area (Å²) < 4.78 is 17.0. The molecule has 156 valence electrons. The maximum atomic E-state index is 13.4. The van der Waals surface area contributed by atoms with Crippen molar-refractivity contribution in [3.8, 4) is 0 Å². The van der Waals surface area contributed by atoms with Gasteiger partial charge in [0.1, 0.15) is 5.41 Å². The number of benzene rings is 2. The van der Waals surface area contributed by atoms with Crippen molar-refractivity contribution >= 4 is 11.8 Å². The molecular weight excluding hydrogens is 380 g/mol. The van der Waals surface area contributed by atoms with E-state index in [9.17, 15) is 9.59 Å². The van der Waals surface area contributed by atoms with Gasteiger partial charge in [-0.2, -0.15) is 0 Å². The van der Waals surface area contributed by atoms with Crippen molar-refractivity contribution in [2.45, 2.75) is 43.5 Å². The molecular formula is C25H26O5. The minimum atomic E-state index is -1.35. The van der Waals surface area contributed by atoms with Crippen molar-refractivity contribution in [2.75, 3.05) is 13.7 Å². The number of rotatable bonds is 6. The van der Waals surface area contributed by atoms with Crippen LogP contribution in [0.25, 0.3) is 0 Å². The van der Waals surface area contributed by atoms with Gasteiger partial charge < -0.3 is 14.2 Å². The Morgan fingerprint density at radius 3 is 2.17 bits per heavy atom. The van der Waals surface area contributed by atoms with Gasteiger partial charge in [0.05, 0.1) is 13.2 Å². The fourth-order valence-electron chi connectivity index (χ4n) is 4.42. The highest BCUT2D eigenvalue weighted by atomic mass is 16.7. The molecule has 1 aliphatic carbocycles. The summed E-state index contributed by atoms with van der Waals surface area (Å²) in [5, 5.41) is 0. The zero-order valence-electron chi connectivity index (χ0n) is 17.1. The van der Waals surface area contributed by atoms with Crippen molar-refractivity contribution in [1.29, 1.82) is 0 Å². The first-order valence-electron chi connectivity index (χ1n) is 10.4. The average Bonchev–Trinajstić information content (AvgIpc) is 3.16. The Morgan fingerprint density at radius 2 is 1.63 bits per heavy atom. The first kappa shape index (κ1) is 20.5. The van der Waals surface area contributed by atoms with E-state index in [4.69, 9.17) is 14.2 Å². The molecule has 1 aliphatic heterocycles. The SMILES string of the molecule is COC(=O)C(C1=C[C@H](O[C@@H]2CCCCO2)CC1=O)(c1ccccc1)c1ccccc1. The maximum absolute atomic E-state index is 13.4. The number of carbonyl (C=O) groups is 2. The highest BCUT2D eigenvalue weighted by Gasteiger charge is 2.51. The number of carbonyl (C=O) groups excluding carboxylic acids is 2. The van der Waals surface area contributed by atoms with Crippen molar-refractivity contribution in [1.82, 2.24) is 0 Å². The van der Waals surface area contributed by atoms with Gasteiger partial charge >= 0.3 is 5.97 Å². The second kappa shape index (κ2) is 8.94. The predicted octanol–water partition coefficient (Wildman–Crippen LogP) is 3.96. The molecule has 1 fully saturated rings. The summed E-state index contributed by atoms with van der Waals surface area (Å²) >= 11 is 0. The lowest BCUT2D eigenvalue weighted by molar-refractivity contribution is -0.178. The second-order valence-electron chi connectivity index (χ2n) is 7.65. The van der Waals surface area contributed by atoms with Crippen molar-refractivity contribution < 1.29 is 23.8 Å². The van der Waals surface area contributed by atoms with Crippen LogP contribution in [0.5, 0.6) is 0 Å². The zero-order valence-corrected chi connectivity index (χ0v) is 17.1. The summed E-state index contributed by atoms with van der Waals surface area (Å²) in [7, 11) is 1.35. The van der Waals surface area contributed by atoms with Gasteiger partial charge in [0.2, 0.25) is 0 Å². The molecule has 2 aromatic rings. The van der Waals surface area contributed by atoms with Crippen molar-refractivity contribution in [3.05, 3.63) is 83.4 Å². The molecule has 4 rings (SSSR count). The first-order valence-corrected chi connectivity index (χ1v) is 10.4. The van der Waals surface area contributed by atoms with Gasteiger partial charge in [-0.25, -0.2) is 0 Å². The molecule has 2 aromatic carbocycles. The van der Waals surface area contributed by atoms with E-state index < -0.39 is 17.5 Å². The molecule has 5 heteroatoms. The average molecular weight is 406 g/mol. The predicted molar refractivity (Wildman–Crippen MR) is 112 cm³/mol. The fraction of sp³-hybridized carbons (Fsp3) is 0.360. The van der Waals surface area contributed by atoms with Crippen LogP contribution in [0, 0.1) is 0 Å². The summed E-state index contributed by atoms with van der Waals surface area (Å²) in [6.07, 6.45) is 4.12. The largest absolute Gasteiger partial charge is 0.468 e. The lowest BCUT2D eigenvalue weighted by Crippen LogP contribution is -2.42. The molecule has 30 heavy (non-hydrogen) atoms. The van der Waals surface area contributed by atoms with Crippen LogP contribution in [0.3, 0.4) is 0 Å². The minimum absolute atomic E-state index is 0.117. The van der Waals surface area contributed by atoms with Gasteiger partial charge in [-0.1, -0.05) is 60.7 Å². The van der Waals surface area contributed by atoms with Crippen molar-refractivity contribution in [2.24, 2.45) is 0 Å². The molecule has 0 amide bonds. The molecule has 0 radical (unpaired) electrons. The molecule has 0 aromatic heterocycles. The Labute approximate surface area is 176 Å². The monoisotopic (exact) mass is 406 g/mol. The van der Waals surface area contributed by atoms with Crippen LogP contribution in [0.15, 0.2) is 72.3 Å². The van der Waals surface area contributed by atoms with E-state index in [2.05, 4.69) is 0 Å². The first-order chi connectivity index (χ1) is 14.7. The molecule has 0 saturated carbocycles. The van der Waals surface area contributed by atoms with E-state index >= 15 is 0 Å². The molecule has 1 heterocycles. The summed E-state index contributed by atoms with van der Waals surface area (Å²) in [6, 6.07) is 18.6. The number of methoxy groups -OCH3 is 1. The molecule has 2 atom stereocenters. The molecule has 0 N–H and O–H groups in total. The van der Waals surface area contributed by atoms with Gasteiger partial charge in [0.15, 0.2) is 12.1 Å². The van der Waals surface area contributed by atoms with E-state index in [1.165, 1.54) is 7.11 Å². The van der Waals surface area contributed by atoms with E-state index in [1.807, 2.05) is 60.7 Å². The van der Waals surface area contributed by atoms with E-state index in [0.717, 1.165) is 19.3 Å². The maximum Gasteiger partial charge on any atom is 0.325 e. The third-order valence-corrected chi connectivity index (χ3v) is 5.81. The summed E-state index contributed by atoms with van der Waals surface area (Å²) in [5.41, 5.74) is 0.432. The summed E-state index contributed by atoms with van der Waals surface area (Å²) in [4.78, 5) is 26.6. The van der Waals surface area contributed by atoms with Crippen LogP contribution in [-0.4, -0.2) is 37.9 Å². The standard InChI is InChI=1S/C25H26O5/c1-28-24(27)25(18-10-4-2-5-11-18,19-12-6-3-7-13-19)21-16-20(17-22(21)26)30-23-14-8-9-15-29-23/h2-7,10-13,16,20,23H,8-9,14-15,17H2,1H3/t20-,23+/m0/s1. The molecule has 1 saturated heterocycles. The third-order valence-electron chi connectivity index (χ3n) is 5.81. The molecule has 5 nitrogen and oxygen atoms in total. The molecule has 0 spiro atoms. The van der Waals surface area contributed by atoms with Crippen LogP contribution < -0.4 is 0 Å². The zero-order chi connectivity index (χ0) is 21.0. The number of ketones is 1. The Kier molecular flexibility index (Phi) is 6.11. The van der Waals surface area contributed by atoms with Crippen LogP contribution in [0.2, 0.25) is 0 Å². The quantitative estimate of drug-likeness (QED) is 0.680. The van der Waals surface area contributed by atoms with Gasteiger partial charge in [-0.15, -0.1) is 0 Å². The Morgan fingerprint density at radius 1 is 1.00 bits per heavy atom. The van der Waals surface area contributed by atoms with Crippen LogP contribution in [0.4, 0.5) is 0 Å². The Hall–Kier alpha value is -2.76. The minimum Gasteiger partial charge on any atom is -0.468 e. The second-order valence-corrected chi connectivity index (χ2v) is 7.65. The smallest absolute Gasteiger partial charge is 0.325 e. The summed E-state index contributed by atoms with van der Waals surface area (Å²) in [5.74, 6) is -0.608. The lowest BCUT2D eigenvalue weighted by atomic mass is 9.68.